The van der Waals surface area contributed by atoms with Gasteiger partial charge in [-0.3, -0.25) is 0 Å². The summed E-state index contributed by atoms with van der Waals surface area (Å²) in [5.41, 5.74) is 1.76. The number of carbonyl (C=O) groups excluding carboxylic acids is 1. The highest BCUT2D eigenvalue weighted by Crippen LogP contribution is 2.06. The molecule has 0 saturated carbocycles. The molecule has 0 aromatic heterocycles. The largest absolute Gasteiger partial charge is 0.480 e. The van der Waals surface area contributed by atoms with Crippen LogP contribution >= 0.6 is 0 Å². The molecule has 0 aromatic rings. The van der Waals surface area contributed by atoms with Crippen LogP contribution in [0.2, 0.25) is 0 Å². The van der Waals surface area contributed by atoms with E-state index in [2.05, 4.69) is 10.5 Å². The van der Waals surface area contributed by atoms with E-state index in [4.69, 9.17) is 9.47 Å². The Bertz CT molecular complexity index is 231. The van der Waals surface area contributed by atoms with Gasteiger partial charge in [-0.2, -0.15) is 0 Å². The maximum atomic E-state index is 11.2. The van der Waals surface area contributed by atoms with Crippen LogP contribution in [0, 0.1) is 0 Å². The van der Waals surface area contributed by atoms with Gasteiger partial charge >= 0.3 is 6.09 Å². The molecular formula is C10H20N2O3. The average molecular weight is 216 g/mol. The zero-order valence-corrected chi connectivity index (χ0v) is 10.1. The van der Waals surface area contributed by atoms with Crippen molar-refractivity contribution in [3.05, 3.63) is 0 Å². The van der Waals surface area contributed by atoms with Gasteiger partial charge in [0.1, 0.15) is 5.60 Å². The van der Waals surface area contributed by atoms with Gasteiger partial charge < -0.3 is 9.47 Å². The van der Waals surface area contributed by atoms with Gasteiger partial charge in [0.05, 0.1) is 6.61 Å². The van der Waals surface area contributed by atoms with Gasteiger partial charge in [-0.15, -0.1) is 5.10 Å². The van der Waals surface area contributed by atoms with Crippen molar-refractivity contribution >= 4 is 12.0 Å². The fourth-order valence-electron chi connectivity index (χ4n) is 0.789. The van der Waals surface area contributed by atoms with E-state index >= 15 is 0 Å². The molecule has 0 aromatic carbocycles. The Labute approximate surface area is 90.8 Å². The molecule has 0 bridgehead atoms. The summed E-state index contributed by atoms with van der Waals surface area (Å²) in [7, 11) is 0. The van der Waals surface area contributed by atoms with Crippen LogP contribution < -0.4 is 5.43 Å². The Morgan fingerprint density at radius 2 is 1.93 bits per heavy atom. The topological polar surface area (TPSA) is 59.9 Å². The zero-order valence-electron chi connectivity index (χ0n) is 10.1. The average Bonchev–Trinajstić information content (AvgIpc) is 2.09. The second-order valence-corrected chi connectivity index (χ2v) is 3.91. The van der Waals surface area contributed by atoms with Gasteiger partial charge in [-0.25, -0.2) is 10.2 Å². The number of amides is 1. The summed E-state index contributed by atoms with van der Waals surface area (Å²) in [4.78, 5) is 11.2. The van der Waals surface area contributed by atoms with E-state index in [1.165, 1.54) is 0 Å². The molecule has 0 aliphatic rings. The summed E-state index contributed by atoms with van der Waals surface area (Å²) in [6, 6.07) is 0. The fraction of sp³-hybridized carbons (Fsp3) is 0.800. The third-order valence-corrected chi connectivity index (χ3v) is 1.28. The highest BCUT2D eigenvalue weighted by molar-refractivity contribution is 5.77. The number of rotatable bonds is 3. The summed E-state index contributed by atoms with van der Waals surface area (Å²) in [5, 5.41) is 3.79. The minimum Gasteiger partial charge on any atom is -0.480 e. The quantitative estimate of drug-likeness (QED) is 0.447. The van der Waals surface area contributed by atoms with Crippen molar-refractivity contribution in [1.82, 2.24) is 5.43 Å². The van der Waals surface area contributed by atoms with E-state index in [1.807, 2.05) is 13.8 Å². The van der Waals surface area contributed by atoms with Gasteiger partial charge in [-0.1, -0.05) is 6.92 Å². The SMILES string of the molecule is CCOC(CC)=NNC(=O)OC(C)(C)C. The predicted molar refractivity (Wildman–Crippen MR) is 58.7 cm³/mol. The highest BCUT2D eigenvalue weighted by Gasteiger charge is 2.15. The molecule has 0 atom stereocenters. The molecule has 0 radical (unpaired) electrons. The molecule has 1 amide bonds. The van der Waals surface area contributed by atoms with Crippen LogP contribution in [0.1, 0.15) is 41.0 Å². The number of ether oxygens (including phenoxy) is 2. The highest BCUT2D eigenvalue weighted by atomic mass is 16.6. The van der Waals surface area contributed by atoms with Crippen LogP contribution in [0.5, 0.6) is 0 Å². The van der Waals surface area contributed by atoms with E-state index in [0.29, 0.717) is 18.9 Å². The lowest BCUT2D eigenvalue weighted by molar-refractivity contribution is 0.0527. The third kappa shape index (κ3) is 7.78. The first kappa shape index (κ1) is 13.7. The summed E-state index contributed by atoms with van der Waals surface area (Å²) in [6.45, 7) is 9.66. The Balaban J connectivity index is 4.06. The number of carbonyl (C=O) groups is 1. The summed E-state index contributed by atoms with van der Waals surface area (Å²) < 4.78 is 10.1. The van der Waals surface area contributed by atoms with Crippen molar-refractivity contribution in [3.8, 4) is 0 Å². The number of nitrogens with zero attached hydrogens (tertiary/aromatic N) is 1. The van der Waals surface area contributed by atoms with Crippen molar-refractivity contribution in [1.29, 1.82) is 0 Å². The number of nitrogens with one attached hydrogen (secondary N) is 1. The first-order valence-corrected chi connectivity index (χ1v) is 5.07. The normalized spacial score (nSPS) is 12.2. The van der Waals surface area contributed by atoms with E-state index < -0.39 is 11.7 Å². The van der Waals surface area contributed by atoms with E-state index in [1.54, 1.807) is 20.8 Å². The smallest absolute Gasteiger partial charge is 0.428 e. The summed E-state index contributed by atoms with van der Waals surface area (Å²) in [6.07, 6.45) is 0.0528. The molecule has 88 valence electrons. The maximum Gasteiger partial charge on any atom is 0.428 e. The molecule has 5 nitrogen and oxygen atoms in total. The van der Waals surface area contributed by atoms with Crippen LogP contribution in [0.4, 0.5) is 4.79 Å². The van der Waals surface area contributed by atoms with Crippen LogP contribution in [-0.2, 0) is 9.47 Å². The predicted octanol–water partition coefficient (Wildman–Crippen LogP) is 2.27. The number of hydrogen-bond acceptors (Lipinski definition) is 4. The van der Waals surface area contributed by atoms with Gasteiger partial charge in [-0.05, 0) is 27.7 Å². The van der Waals surface area contributed by atoms with Gasteiger partial charge in [0, 0.05) is 6.42 Å². The van der Waals surface area contributed by atoms with Gasteiger partial charge in [0.25, 0.3) is 0 Å². The second kappa shape index (κ2) is 6.27. The lowest BCUT2D eigenvalue weighted by atomic mass is 10.2. The van der Waals surface area contributed by atoms with Crippen LogP contribution in [0.3, 0.4) is 0 Å². The lowest BCUT2D eigenvalue weighted by Gasteiger charge is -2.18. The monoisotopic (exact) mass is 216 g/mol. The second-order valence-electron chi connectivity index (χ2n) is 3.91. The Hall–Kier alpha value is -1.26. The lowest BCUT2D eigenvalue weighted by Crippen LogP contribution is -2.30. The molecule has 0 saturated heterocycles. The van der Waals surface area contributed by atoms with Crippen molar-refractivity contribution in [3.63, 3.8) is 0 Å². The minimum atomic E-state index is -0.576. The molecule has 0 aliphatic heterocycles. The molecule has 0 aliphatic carbocycles. The van der Waals surface area contributed by atoms with Gasteiger partial charge in [0.15, 0.2) is 0 Å². The molecule has 0 unspecified atom stereocenters. The molecule has 15 heavy (non-hydrogen) atoms. The molecular weight excluding hydrogens is 196 g/mol. The standard InChI is InChI=1S/C10H20N2O3/c1-6-8(14-7-2)11-12-9(13)15-10(3,4)5/h6-7H2,1-5H3,(H,12,13). The molecule has 0 spiro atoms. The molecule has 0 heterocycles. The van der Waals surface area contributed by atoms with Gasteiger partial charge in [0.2, 0.25) is 5.90 Å². The maximum absolute atomic E-state index is 11.2. The minimum absolute atomic E-state index is 0.489. The number of hydrazone groups is 1. The fourth-order valence-corrected chi connectivity index (χ4v) is 0.789. The molecule has 5 heteroatoms. The van der Waals surface area contributed by atoms with Crippen LogP contribution in [0.15, 0.2) is 5.10 Å². The summed E-state index contributed by atoms with van der Waals surface area (Å²) >= 11 is 0. The number of hydrogen-bond donors (Lipinski definition) is 1. The van der Waals surface area contributed by atoms with E-state index in [0.717, 1.165) is 0 Å². The Kier molecular flexibility index (Phi) is 5.74. The van der Waals surface area contributed by atoms with Crippen LogP contribution in [0.25, 0.3) is 0 Å². The van der Waals surface area contributed by atoms with Crippen molar-refractivity contribution in [2.24, 2.45) is 5.10 Å². The van der Waals surface area contributed by atoms with Crippen molar-refractivity contribution in [2.75, 3.05) is 6.61 Å². The summed E-state index contributed by atoms with van der Waals surface area (Å²) in [5.74, 6) is 0.489. The van der Waals surface area contributed by atoms with E-state index in [9.17, 15) is 4.79 Å². The molecule has 0 rings (SSSR count). The van der Waals surface area contributed by atoms with Crippen LogP contribution in [-0.4, -0.2) is 24.2 Å². The molecule has 1 N–H and O–H groups in total. The molecule has 0 fully saturated rings. The van der Waals surface area contributed by atoms with Crippen molar-refractivity contribution in [2.45, 2.75) is 46.6 Å². The Morgan fingerprint density at radius 1 is 1.33 bits per heavy atom. The Morgan fingerprint density at radius 3 is 2.33 bits per heavy atom. The van der Waals surface area contributed by atoms with E-state index in [-0.39, 0.29) is 0 Å². The third-order valence-electron chi connectivity index (χ3n) is 1.28. The van der Waals surface area contributed by atoms with Crippen molar-refractivity contribution < 1.29 is 14.3 Å². The zero-order chi connectivity index (χ0) is 11.9. The first-order chi connectivity index (χ1) is 6.89. The first-order valence-electron chi connectivity index (χ1n) is 5.07.